The van der Waals surface area contributed by atoms with Crippen LogP contribution in [0.3, 0.4) is 0 Å². The summed E-state index contributed by atoms with van der Waals surface area (Å²) in [7, 11) is 0. The molecule has 0 spiro atoms. The van der Waals surface area contributed by atoms with Crippen LogP contribution in [0.2, 0.25) is 0 Å². The Morgan fingerprint density at radius 3 is 0.750 bits per heavy atom. The summed E-state index contributed by atoms with van der Waals surface area (Å²) in [5, 5.41) is 0. The Morgan fingerprint density at radius 1 is 0.750 bits per heavy atom. The van der Waals surface area contributed by atoms with E-state index in [-0.39, 0.29) is 58.5 Å². The van der Waals surface area contributed by atoms with Gasteiger partial charge in [0.05, 0.1) is 0 Å². The average molecular weight is 195 g/mol. The van der Waals surface area contributed by atoms with Crippen molar-refractivity contribution < 1.29 is 32.7 Å². The molecule has 0 aliphatic carbocycles. The van der Waals surface area contributed by atoms with Crippen molar-refractivity contribution in [2.45, 2.75) is 0 Å². The first-order valence-corrected chi connectivity index (χ1v) is 0. The zero-order chi connectivity index (χ0) is 0. The molecule has 4 heteroatoms. The summed E-state index contributed by atoms with van der Waals surface area (Å²) < 4.78 is 0. The van der Waals surface area contributed by atoms with E-state index in [2.05, 4.69) is 0 Å². The van der Waals surface area contributed by atoms with Crippen LogP contribution in [-0.2, 0) is 32.7 Å². The fraction of sp³-hybridized carbons (Fsp3) is 0. The molecule has 0 amide bonds. The molecule has 0 unspecified atom stereocenters. The third-order valence-electron chi connectivity index (χ3n) is 0. The second-order valence-electron chi connectivity index (χ2n) is 0. The van der Waals surface area contributed by atoms with Crippen molar-refractivity contribution in [1.29, 1.82) is 0 Å². The monoisotopic (exact) mass is 195 g/mol. The molecule has 4 heavy (non-hydrogen) atoms. The van der Waals surface area contributed by atoms with Gasteiger partial charge in [-0.25, -0.2) is 0 Å². The van der Waals surface area contributed by atoms with E-state index in [0.29, 0.717) is 0 Å². The second-order valence-corrected chi connectivity index (χ2v) is 0. The van der Waals surface area contributed by atoms with Crippen molar-refractivity contribution in [3.63, 3.8) is 0 Å². The Bertz CT molecular complexity index is 6.00. The van der Waals surface area contributed by atoms with Gasteiger partial charge in [-0.1, -0.05) is 0 Å². The first kappa shape index (κ1) is 49.3. The normalized spacial score (nSPS) is 0. The molecule has 19 valence electrons. The molecule has 0 aliphatic heterocycles. The van der Waals surface area contributed by atoms with Gasteiger partial charge in [0.1, 0.15) is 0 Å². The van der Waals surface area contributed by atoms with Crippen LogP contribution in [0.4, 0.5) is 0 Å². The Hall–Kier alpha value is 1.50. The molecule has 0 rings (SSSR count). The third kappa shape index (κ3) is 9.71. The van der Waals surface area contributed by atoms with Crippen LogP contribution in [0.1, 0.15) is 0 Å². The van der Waals surface area contributed by atoms with Crippen molar-refractivity contribution in [3.05, 3.63) is 0 Å². The van der Waals surface area contributed by atoms with Crippen LogP contribution in [-0.4, -0.2) is 25.8 Å². The van der Waals surface area contributed by atoms with Gasteiger partial charge in [0, 0.05) is 25.8 Å². The standard InChI is InChI=1S/In.2O.Ti/q;2*-2;+4. The van der Waals surface area contributed by atoms with E-state index in [4.69, 9.17) is 0 Å². The zero-order valence-corrected chi connectivity index (χ0v) is 6.75. The molecule has 0 atom stereocenters. The SMILES string of the molecule is [In].[O-2].[O-2].[Ti+4]. The maximum atomic E-state index is 0. The van der Waals surface area contributed by atoms with E-state index >= 15 is 0 Å². The van der Waals surface area contributed by atoms with Crippen LogP contribution in [0.5, 0.6) is 0 Å². The van der Waals surface area contributed by atoms with Gasteiger partial charge in [0.15, 0.2) is 0 Å². The first-order valence-electron chi connectivity index (χ1n) is 0. The molecular formula is InO2Ti. The van der Waals surface area contributed by atoms with Crippen molar-refractivity contribution in [1.82, 2.24) is 0 Å². The summed E-state index contributed by atoms with van der Waals surface area (Å²) in [6.45, 7) is 0. The molecule has 0 saturated heterocycles. The van der Waals surface area contributed by atoms with E-state index in [9.17, 15) is 0 Å². The van der Waals surface area contributed by atoms with E-state index in [1.54, 1.807) is 0 Å². The van der Waals surface area contributed by atoms with Gasteiger partial charge < -0.3 is 11.0 Å². The summed E-state index contributed by atoms with van der Waals surface area (Å²) in [6.07, 6.45) is 0. The quantitative estimate of drug-likeness (QED) is 0.462. The van der Waals surface area contributed by atoms with Crippen LogP contribution < -0.4 is 0 Å². The van der Waals surface area contributed by atoms with Crippen molar-refractivity contribution in [2.75, 3.05) is 0 Å². The minimum Gasteiger partial charge on any atom is -2.00 e. The average Bonchev–Trinajstić information content (AvgIpc) is 0. The van der Waals surface area contributed by atoms with Crippen molar-refractivity contribution in [2.24, 2.45) is 0 Å². The van der Waals surface area contributed by atoms with Gasteiger partial charge in [-0.3, -0.25) is 0 Å². The third-order valence-corrected chi connectivity index (χ3v) is 0. The van der Waals surface area contributed by atoms with Crippen molar-refractivity contribution >= 4 is 25.8 Å². The van der Waals surface area contributed by atoms with E-state index < -0.39 is 0 Å². The van der Waals surface area contributed by atoms with Gasteiger partial charge in [-0.15, -0.1) is 0 Å². The number of rotatable bonds is 0. The molecule has 0 aromatic rings. The number of hydrogen-bond donors (Lipinski definition) is 0. The summed E-state index contributed by atoms with van der Waals surface area (Å²) in [5.41, 5.74) is 0. The van der Waals surface area contributed by atoms with Crippen molar-refractivity contribution in [3.8, 4) is 0 Å². The van der Waals surface area contributed by atoms with E-state index in [1.807, 2.05) is 0 Å². The van der Waals surface area contributed by atoms with Gasteiger partial charge in [0.25, 0.3) is 0 Å². The molecule has 0 saturated carbocycles. The molecule has 0 aliphatic rings. The predicted molar refractivity (Wildman–Crippen MR) is 7.13 cm³/mol. The molecule has 3 radical (unpaired) electrons. The molecule has 0 N–H and O–H groups in total. The molecule has 2 nitrogen and oxygen atoms in total. The van der Waals surface area contributed by atoms with Crippen LogP contribution in [0, 0.1) is 0 Å². The number of hydrogen-bond acceptors (Lipinski definition) is 0. The maximum Gasteiger partial charge on any atom is 4.00 e. The summed E-state index contributed by atoms with van der Waals surface area (Å²) in [5.74, 6) is 0. The maximum absolute atomic E-state index is 0. The Kier molecular flexibility index (Phi) is 302. The molecule has 0 bridgehead atoms. The smallest absolute Gasteiger partial charge is 2.00 e. The molecule has 0 heterocycles. The summed E-state index contributed by atoms with van der Waals surface area (Å²) in [4.78, 5) is 0. The summed E-state index contributed by atoms with van der Waals surface area (Å²) in [6, 6.07) is 0. The Balaban J connectivity index is 0. The van der Waals surface area contributed by atoms with Gasteiger partial charge in [0.2, 0.25) is 0 Å². The molecule has 0 aromatic heterocycles. The summed E-state index contributed by atoms with van der Waals surface area (Å²) >= 11 is 0. The van der Waals surface area contributed by atoms with E-state index in [0.717, 1.165) is 0 Å². The van der Waals surface area contributed by atoms with Crippen LogP contribution in [0.15, 0.2) is 0 Å². The van der Waals surface area contributed by atoms with Gasteiger partial charge in [-0.05, 0) is 0 Å². The topological polar surface area (TPSA) is 57.0 Å². The fourth-order valence-corrected chi connectivity index (χ4v) is 0. The molecular weight excluding hydrogens is 195 g/mol. The first-order chi connectivity index (χ1) is 0. The molecule has 0 fully saturated rings. The Labute approximate surface area is 58.2 Å². The largest absolute Gasteiger partial charge is 4.00 e. The fourth-order valence-electron chi connectivity index (χ4n) is 0. The minimum absolute atomic E-state index is 0. The van der Waals surface area contributed by atoms with Crippen LogP contribution >= 0.6 is 0 Å². The second kappa shape index (κ2) is 24.4. The zero-order valence-electron chi connectivity index (χ0n) is 1.89. The predicted octanol–water partition coefficient (Wildman–Crippen LogP) is -0.621. The van der Waals surface area contributed by atoms with Crippen LogP contribution in [0.25, 0.3) is 0 Å². The Morgan fingerprint density at radius 2 is 0.750 bits per heavy atom. The van der Waals surface area contributed by atoms with E-state index in [1.165, 1.54) is 0 Å². The minimum atomic E-state index is 0. The van der Waals surface area contributed by atoms with Gasteiger partial charge >= 0.3 is 21.7 Å². The van der Waals surface area contributed by atoms with Gasteiger partial charge in [-0.2, -0.15) is 0 Å². The molecule has 0 aromatic carbocycles.